The van der Waals surface area contributed by atoms with Gasteiger partial charge in [-0.05, 0) is 25.1 Å². The molecule has 0 aliphatic carbocycles. The van der Waals surface area contributed by atoms with Crippen molar-refractivity contribution in [1.29, 1.82) is 0 Å². The SMILES string of the molecule is Cc1nc2ccccc2n(CC(=O)NN=Cc2ccccc2Cl)c1=O. The van der Waals surface area contributed by atoms with Gasteiger partial charge in [-0.1, -0.05) is 41.9 Å². The number of fused-ring (bicyclic) bond motifs is 1. The molecular weight excluding hydrogens is 340 g/mol. The fraction of sp³-hybridized carbons (Fsp3) is 0.111. The molecule has 126 valence electrons. The Hall–Kier alpha value is -2.99. The maximum atomic E-state index is 12.3. The summed E-state index contributed by atoms with van der Waals surface area (Å²) in [6, 6.07) is 14.3. The molecule has 0 saturated heterocycles. The highest BCUT2D eigenvalue weighted by Gasteiger charge is 2.10. The summed E-state index contributed by atoms with van der Waals surface area (Å²) in [5, 5.41) is 4.43. The van der Waals surface area contributed by atoms with Gasteiger partial charge in [0.2, 0.25) is 0 Å². The number of halogens is 1. The Kier molecular flexibility index (Phi) is 4.90. The maximum absolute atomic E-state index is 12.3. The van der Waals surface area contributed by atoms with Crippen LogP contribution in [0.25, 0.3) is 11.0 Å². The Labute approximate surface area is 148 Å². The minimum Gasteiger partial charge on any atom is -0.296 e. The van der Waals surface area contributed by atoms with E-state index in [0.717, 1.165) is 0 Å². The predicted octanol–water partition coefficient (Wildman–Crippen LogP) is 2.51. The fourth-order valence-electron chi connectivity index (χ4n) is 2.41. The molecule has 7 heteroatoms. The second-order valence-corrected chi connectivity index (χ2v) is 5.80. The number of carbonyl (C=O) groups is 1. The number of aryl methyl sites for hydroxylation is 1. The van der Waals surface area contributed by atoms with E-state index >= 15 is 0 Å². The number of para-hydroxylation sites is 2. The summed E-state index contributed by atoms with van der Waals surface area (Å²) >= 11 is 6.02. The zero-order valence-corrected chi connectivity index (χ0v) is 14.2. The van der Waals surface area contributed by atoms with Gasteiger partial charge in [-0.2, -0.15) is 5.10 Å². The second kappa shape index (κ2) is 7.27. The maximum Gasteiger partial charge on any atom is 0.272 e. The highest BCUT2D eigenvalue weighted by molar-refractivity contribution is 6.33. The van der Waals surface area contributed by atoms with Crippen molar-refractivity contribution in [2.75, 3.05) is 0 Å². The van der Waals surface area contributed by atoms with E-state index in [-0.39, 0.29) is 12.1 Å². The lowest BCUT2D eigenvalue weighted by Crippen LogP contribution is -2.31. The Bertz CT molecular complexity index is 1030. The molecule has 1 aromatic heterocycles. The van der Waals surface area contributed by atoms with Crippen LogP contribution in [0.4, 0.5) is 0 Å². The first kappa shape index (κ1) is 16.9. The van der Waals surface area contributed by atoms with E-state index in [2.05, 4.69) is 15.5 Å². The molecule has 1 amide bonds. The van der Waals surface area contributed by atoms with Crippen LogP contribution in [0.2, 0.25) is 5.02 Å². The van der Waals surface area contributed by atoms with Crippen molar-refractivity contribution in [1.82, 2.24) is 15.0 Å². The summed E-state index contributed by atoms with van der Waals surface area (Å²) in [7, 11) is 0. The lowest BCUT2D eigenvalue weighted by molar-refractivity contribution is -0.121. The molecule has 3 rings (SSSR count). The number of benzene rings is 2. The average Bonchev–Trinajstić information content (AvgIpc) is 2.60. The number of carbonyl (C=O) groups excluding carboxylic acids is 1. The van der Waals surface area contributed by atoms with E-state index in [1.54, 1.807) is 37.3 Å². The van der Waals surface area contributed by atoms with Crippen molar-refractivity contribution >= 4 is 34.8 Å². The summed E-state index contributed by atoms with van der Waals surface area (Å²) in [5.41, 5.74) is 4.39. The van der Waals surface area contributed by atoms with Crippen LogP contribution >= 0.6 is 11.6 Å². The van der Waals surface area contributed by atoms with E-state index in [1.807, 2.05) is 18.2 Å². The van der Waals surface area contributed by atoms with Crippen molar-refractivity contribution in [2.24, 2.45) is 5.10 Å². The molecule has 0 aliphatic heterocycles. The van der Waals surface area contributed by atoms with Gasteiger partial charge in [-0.15, -0.1) is 0 Å². The van der Waals surface area contributed by atoms with Crippen LogP contribution in [0.15, 0.2) is 58.4 Å². The van der Waals surface area contributed by atoms with Gasteiger partial charge in [0.25, 0.3) is 11.5 Å². The average molecular weight is 355 g/mol. The lowest BCUT2D eigenvalue weighted by atomic mass is 10.2. The zero-order valence-electron chi connectivity index (χ0n) is 13.4. The molecule has 1 heterocycles. The van der Waals surface area contributed by atoms with E-state index in [1.165, 1.54) is 10.8 Å². The van der Waals surface area contributed by atoms with Gasteiger partial charge in [-0.25, -0.2) is 10.4 Å². The first-order chi connectivity index (χ1) is 12.1. The van der Waals surface area contributed by atoms with Crippen LogP contribution in [0, 0.1) is 6.92 Å². The first-order valence-corrected chi connectivity index (χ1v) is 7.96. The number of hydrogen-bond acceptors (Lipinski definition) is 4. The number of nitrogens with one attached hydrogen (secondary N) is 1. The third-order valence-corrected chi connectivity index (χ3v) is 3.96. The smallest absolute Gasteiger partial charge is 0.272 e. The highest BCUT2D eigenvalue weighted by Crippen LogP contribution is 2.12. The number of hydrogen-bond donors (Lipinski definition) is 1. The summed E-state index contributed by atoms with van der Waals surface area (Å²) in [4.78, 5) is 28.7. The number of amides is 1. The standard InChI is InChI=1S/C18H15ClN4O2/c1-12-18(25)23(16-9-5-4-8-15(16)21-12)11-17(24)22-20-10-13-6-2-3-7-14(13)19/h2-10H,11H2,1H3,(H,22,24). The quantitative estimate of drug-likeness (QED) is 0.577. The highest BCUT2D eigenvalue weighted by atomic mass is 35.5. The molecular formula is C18H15ClN4O2. The Morgan fingerprint density at radius 3 is 2.76 bits per heavy atom. The molecule has 0 atom stereocenters. The first-order valence-electron chi connectivity index (χ1n) is 7.59. The van der Waals surface area contributed by atoms with Gasteiger partial charge in [0.05, 0.1) is 17.2 Å². The minimum absolute atomic E-state index is 0.150. The van der Waals surface area contributed by atoms with Gasteiger partial charge >= 0.3 is 0 Å². The topological polar surface area (TPSA) is 76.3 Å². The normalized spacial score (nSPS) is 11.1. The zero-order chi connectivity index (χ0) is 17.8. The van der Waals surface area contributed by atoms with Crippen molar-refractivity contribution in [3.05, 3.63) is 75.2 Å². The molecule has 3 aromatic rings. The predicted molar refractivity (Wildman–Crippen MR) is 97.9 cm³/mol. The number of rotatable bonds is 4. The molecule has 25 heavy (non-hydrogen) atoms. The van der Waals surface area contributed by atoms with Crippen LogP contribution in [-0.4, -0.2) is 21.7 Å². The van der Waals surface area contributed by atoms with Crippen LogP contribution in [-0.2, 0) is 11.3 Å². The van der Waals surface area contributed by atoms with Crippen LogP contribution < -0.4 is 11.0 Å². The molecule has 0 saturated carbocycles. The molecule has 0 fully saturated rings. The minimum atomic E-state index is -0.416. The molecule has 0 radical (unpaired) electrons. The number of nitrogens with zero attached hydrogens (tertiary/aromatic N) is 3. The largest absolute Gasteiger partial charge is 0.296 e. The molecule has 0 unspecified atom stereocenters. The summed E-state index contributed by atoms with van der Waals surface area (Å²) in [6.45, 7) is 1.47. The van der Waals surface area contributed by atoms with Crippen LogP contribution in [0.5, 0.6) is 0 Å². The Morgan fingerprint density at radius 1 is 1.24 bits per heavy atom. The Morgan fingerprint density at radius 2 is 1.96 bits per heavy atom. The van der Waals surface area contributed by atoms with Crippen molar-refractivity contribution in [3.8, 4) is 0 Å². The van der Waals surface area contributed by atoms with Gasteiger partial charge < -0.3 is 0 Å². The fourth-order valence-corrected chi connectivity index (χ4v) is 2.59. The van der Waals surface area contributed by atoms with Gasteiger partial charge in [0.15, 0.2) is 0 Å². The third kappa shape index (κ3) is 3.75. The van der Waals surface area contributed by atoms with Crippen molar-refractivity contribution < 1.29 is 4.79 Å². The molecule has 0 aliphatic rings. The monoisotopic (exact) mass is 354 g/mol. The van der Waals surface area contributed by atoms with E-state index in [9.17, 15) is 9.59 Å². The molecule has 0 spiro atoms. The Balaban J connectivity index is 1.80. The van der Waals surface area contributed by atoms with E-state index in [0.29, 0.717) is 27.3 Å². The van der Waals surface area contributed by atoms with Gasteiger partial charge in [-0.3, -0.25) is 14.2 Å². The van der Waals surface area contributed by atoms with Crippen molar-refractivity contribution in [3.63, 3.8) is 0 Å². The number of aromatic nitrogens is 2. The summed E-state index contributed by atoms with van der Waals surface area (Å²) in [6.07, 6.45) is 1.46. The summed E-state index contributed by atoms with van der Waals surface area (Å²) in [5.74, 6) is -0.416. The molecule has 1 N–H and O–H groups in total. The van der Waals surface area contributed by atoms with Gasteiger partial charge in [0, 0.05) is 10.6 Å². The van der Waals surface area contributed by atoms with Crippen molar-refractivity contribution in [2.45, 2.75) is 13.5 Å². The van der Waals surface area contributed by atoms with Crippen LogP contribution in [0.1, 0.15) is 11.3 Å². The van der Waals surface area contributed by atoms with E-state index < -0.39 is 5.91 Å². The lowest BCUT2D eigenvalue weighted by Gasteiger charge is -2.09. The summed E-state index contributed by atoms with van der Waals surface area (Å²) < 4.78 is 1.39. The van der Waals surface area contributed by atoms with E-state index in [4.69, 9.17) is 11.6 Å². The van der Waals surface area contributed by atoms with Gasteiger partial charge in [0.1, 0.15) is 12.2 Å². The molecule has 2 aromatic carbocycles. The second-order valence-electron chi connectivity index (χ2n) is 5.39. The third-order valence-electron chi connectivity index (χ3n) is 3.62. The molecule has 0 bridgehead atoms. The molecule has 6 nitrogen and oxygen atoms in total. The van der Waals surface area contributed by atoms with Crippen LogP contribution in [0.3, 0.4) is 0 Å². The number of hydrazone groups is 1.